The van der Waals surface area contributed by atoms with Gasteiger partial charge in [0.25, 0.3) is 6.43 Å². The number of halogens is 3. The van der Waals surface area contributed by atoms with Gasteiger partial charge in [0.15, 0.2) is 0 Å². The van der Waals surface area contributed by atoms with E-state index in [0.29, 0.717) is 16.3 Å². The fraction of sp³-hybridized carbons (Fsp3) is 0.182. The van der Waals surface area contributed by atoms with Crippen LogP contribution in [0.2, 0.25) is 5.02 Å². The number of nitrogens with two attached hydrogens (primary N) is 1. The van der Waals surface area contributed by atoms with Crippen LogP contribution < -0.4 is 5.73 Å². The summed E-state index contributed by atoms with van der Waals surface area (Å²) in [6.45, 7) is 0.0280. The highest BCUT2D eigenvalue weighted by Gasteiger charge is 2.20. The second-order valence-electron chi connectivity index (χ2n) is 3.45. The number of hydrogen-bond donors (Lipinski definition) is 1. The molecule has 0 aliphatic carbocycles. The molecular formula is C11H10ClF2N3. The molecular weight excluding hydrogens is 248 g/mol. The molecule has 0 saturated heterocycles. The van der Waals surface area contributed by atoms with Gasteiger partial charge < -0.3 is 5.73 Å². The monoisotopic (exact) mass is 257 g/mol. The van der Waals surface area contributed by atoms with E-state index in [1.165, 1.54) is 10.9 Å². The van der Waals surface area contributed by atoms with Crippen molar-refractivity contribution in [1.82, 2.24) is 9.78 Å². The Bertz CT molecular complexity index is 525. The highest BCUT2D eigenvalue weighted by Crippen LogP contribution is 2.26. The van der Waals surface area contributed by atoms with Crippen LogP contribution in [0.4, 0.5) is 8.78 Å². The Labute approximate surface area is 102 Å². The summed E-state index contributed by atoms with van der Waals surface area (Å²) in [6, 6.07) is 6.57. The summed E-state index contributed by atoms with van der Waals surface area (Å²) in [6.07, 6.45) is -1.28. The van der Waals surface area contributed by atoms with Gasteiger partial charge >= 0.3 is 0 Å². The van der Waals surface area contributed by atoms with Crippen LogP contribution in [0.25, 0.3) is 5.69 Å². The lowest BCUT2D eigenvalue weighted by molar-refractivity contribution is 0.141. The molecule has 0 aliphatic rings. The first-order chi connectivity index (χ1) is 8.13. The van der Waals surface area contributed by atoms with E-state index >= 15 is 0 Å². The van der Waals surface area contributed by atoms with E-state index in [2.05, 4.69) is 5.10 Å². The highest BCUT2D eigenvalue weighted by molar-refractivity contribution is 6.30. The number of hydrogen-bond acceptors (Lipinski definition) is 2. The molecule has 2 N–H and O–H groups in total. The topological polar surface area (TPSA) is 43.8 Å². The summed E-state index contributed by atoms with van der Waals surface area (Å²) < 4.78 is 27.1. The molecule has 0 saturated carbocycles. The second-order valence-corrected chi connectivity index (χ2v) is 3.89. The third-order valence-electron chi connectivity index (χ3n) is 2.37. The fourth-order valence-corrected chi connectivity index (χ4v) is 1.78. The molecule has 90 valence electrons. The van der Waals surface area contributed by atoms with Crippen LogP contribution in [0.15, 0.2) is 30.5 Å². The first-order valence-electron chi connectivity index (χ1n) is 4.94. The summed E-state index contributed by atoms with van der Waals surface area (Å²) >= 11 is 5.81. The maximum atomic E-state index is 12.9. The minimum absolute atomic E-state index is 0.0280. The summed E-state index contributed by atoms with van der Waals surface area (Å²) in [5, 5.41) is 4.38. The third kappa shape index (κ3) is 2.30. The molecule has 0 unspecified atom stereocenters. The van der Waals surface area contributed by atoms with Crippen molar-refractivity contribution >= 4 is 11.6 Å². The van der Waals surface area contributed by atoms with E-state index in [0.717, 1.165) is 0 Å². The maximum absolute atomic E-state index is 12.9. The van der Waals surface area contributed by atoms with Crippen molar-refractivity contribution in [2.75, 3.05) is 0 Å². The summed E-state index contributed by atoms with van der Waals surface area (Å²) in [7, 11) is 0. The van der Waals surface area contributed by atoms with E-state index in [1.54, 1.807) is 24.3 Å². The number of aromatic nitrogens is 2. The smallest absolute Gasteiger partial charge is 0.280 e. The van der Waals surface area contributed by atoms with Gasteiger partial charge in [-0.2, -0.15) is 5.10 Å². The fourth-order valence-electron chi connectivity index (χ4n) is 1.60. The second kappa shape index (κ2) is 4.81. The Balaban J connectivity index is 2.56. The van der Waals surface area contributed by atoms with Crippen LogP contribution in [0.5, 0.6) is 0 Å². The maximum Gasteiger partial charge on any atom is 0.280 e. The minimum atomic E-state index is -2.63. The third-order valence-corrected chi connectivity index (χ3v) is 2.60. The Hall–Kier alpha value is -1.46. The van der Waals surface area contributed by atoms with Gasteiger partial charge in [-0.05, 0) is 18.2 Å². The zero-order chi connectivity index (χ0) is 12.4. The van der Waals surface area contributed by atoms with Crippen LogP contribution in [0.3, 0.4) is 0 Å². The van der Waals surface area contributed by atoms with Gasteiger partial charge in [0.1, 0.15) is 5.69 Å². The molecule has 0 atom stereocenters. The van der Waals surface area contributed by atoms with Crippen LogP contribution in [0.1, 0.15) is 17.7 Å². The van der Waals surface area contributed by atoms with Crippen molar-refractivity contribution in [3.63, 3.8) is 0 Å². The standard InChI is InChI=1S/C11H10ClF2N3/c12-8-2-1-3-9(4-8)17-10(11(13)14)7(5-15)6-16-17/h1-4,6,11H,5,15H2. The Kier molecular flexibility index (Phi) is 3.40. The lowest BCUT2D eigenvalue weighted by Crippen LogP contribution is -2.06. The summed E-state index contributed by atoms with van der Waals surface area (Å²) in [4.78, 5) is 0. The van der Waals surface area contributed by atoms with E-state index in [-0.39, 0.29) is 12.2 Å². The normalized spacial score (nSPS) is 11.1. The molecule has 0 bridgehead atoms. The minimum Gasteiger partial charge on any atom is -0.326 e. The first-order valence-corrected chi connectivity index (χ1v) is 5.32. The Morgan fingerprint density at radius 2 is 2.18 bits per heavy atom. The molecule has 1 aromatic carbocycles. The highest BCUT2D eigenvalue weighted by atomic mass is 35.5. The van der Waals surface area contributed by atoms with Gasteiger partial charge in [-0.15, -0.1) is 0 Å². The summed E-state index contributed by atoms with van der Waals surface area (Å²) in [5.41, 5.74) is 6.04. The molecule has 6 heteroatoms. The lowest BCUT2D eigenvalue weighted by atomic mass is 10.2. The van der Waals surface area contributed by atoms with E-state index in [9.17, 15) is 8.78 Å². The van der Waals surface area contributed by atoms with Gasteiger partial charge in [-0.25, -0.2) is 13.5 Å². The quantitative estimate of drug-likeness (QED) is 0.919. The lowest BCUT2D eigenvalue weighted by Gasteiger charge is -2.08. The predicted octanol–water partition coefficient (Wildman–Crippen LogP) is 2.92. The van der Waals surface area contributed by atoms with E-state index in [4.69, 9.17) is 17.3 Å². The van der Waals surface area contributed by atoms with Crippen molar-refractivity contribution in [2.45, 2.75) is 13.0 Å². The van der Waals surface area contributed by atoms with Crippen molar-refractivity contribution in [3.8, 4) is 5.69 Å². The molecule has 0 aliphatic heterocycles. The van der Waals surface area contributed by atoms with Crippen LogP contribution in [0, 0.1) is 0 Å². The Morgan fingerprint density at radius 3 is 2.76 bits per heavy atom. The zero-order valence-corrected chi connectivity index (χ0v) is 9.53. The van der Waals surface area contributed by atoms with Crippen molar-refractivity contribution in [3.05, 3.63) is 46.7 Å². The molecule has 1 heterocycles. The van der Waals surface area contributed by atoms with Gasteiger partial charge in [0, 0.05) is 17.1 Å². The molecule has 3 nitrogen and oxygen atoms in total. The largest absolute Gasteiger partial charge is 0.326 e. The summed E-state index contributed by atoms with van der Waals surface area (Å²) in [5.74, 6) is 0. The first kappa shape index (κ1) is 12.0. The number of nitrogens with zero attached hydrogens (tertiary/aromatic N) is 2. The van der Waals surface area contributed by atoms with Crippen LogP contribution in [-0.2, 0) is 6.54 Å². The van der Waals surface area contributed by atoms with E-state index in [1.807, 2.05) is 0 Å². The van der Waals surface area contributed by atoms with Gasteiger partial charge in [-0.3, -0.25) is 0 Å². The van der Waals surface area contributed by atoms with E-state index < -0.39 is 6.43 Å². The zero-order valence-electron chi connectivity index (χ0n) is 8.78. The predicted molar refractivity (Wildman–Crippen MR) is 61.4 cm³/mol. The molecule has 2 rings (SSSR count). The molecule has 17 heavy (non-hydrogen) atoms. The van der Waals surface area contributed by atoms with Crippen LogP contribution in [-0.4, -0.2) is 9.78 Å². The average Bonchev–Trinajstić information content (AvgIpc) is 2.72. The molecule has 0 fully saturated rings. The Morgan fingerprint density at radius 1 is 1.41 bits per heavy atom. The van der Waals surface area contributed by atoms with Crippen molar-refractivity contribution in [2.24, 2.45) is 5.73 Å². The molecule has 1 aromatic heterocycles. The van der Waals surface area contributed by atoms with Gasteiger partial charge in [0.05, 0.1) is 11.9 Å². The molecule has 0 spiro atoms. The molecule has 2 aromatic rings. The van der Waals surface area contributed by atoms with Crippen molar-refractivity contribution in [1.29, 1.82) is 0 Å². The van der Waals surface area contributed by atoms with Gasteiger partial charge in [-0.1, -0.05) is 17.7 Å². The van der Waals surface area contributed by atoms with Gasteiger partial charge in [0.2, 0.25) is 0 Å². The number of alkyl halides is 2. The number of benzene rings is 1. The molecule has 0 amide bonds. The average molecular weight is 258 g/mol. The van der Waals surface area contributed by atoms with Crippen LogP contribution >= 0.6 is 11.6 Å². The number of rotatable bonds is 3. The van der Waals surface area contributed by atoms with Crippen molar-refractivity contribution < 1.29 is 8.78 Å². The molecule has 0 radical (unpaired) electrons. The SMILES string of the molecule is NCc1cnn(-c2cccc(Cl)c2)c1C(F)F.